The lowest BCUT2D eigenvalue weighted by molar-refractivity contribution is -0.134. The molecule has 1 aromatic heterocycles. The summed E-state index contributed by atoms with van der Waals surface area (Å²) >= 11 is 0. The molecule has 1 unspecified atom stereocenters. The van der Waals surface area contributed by atoms with E-state index in [-0.39, 0.29) is 23.5 Å². The van der Waals surface area contributed by atoms with Crippen LogP contribution in [0.1, 0.15) is 35.9 Å². The molecule has 1 saturated carbocycles. The Kier molecular flexibility index (Phi) is 4.64. The summed E-state index contributed by atoms with van der Waals surface area (Å²) in [4.78, 5) is 26.4. The number of hydrogen-bond acceptors (Lipinski definition) is 3. The van der Waals surface area contributed by atoms with Crippen molar-refractivity contribution in [2.24, 2.45) is 0 Å². The molecule has 6 heteroatoms. The summed E-state index contributed by atoms with van der Waals surface area (Å²) in [6.45, 7) is 1.98. The van der Waals surface area contributed by atoms with Gasteiger partial charge in [0, 0.05) is 12.6 Å². The number of furan rings is 1. The van der Waals surface area contributed by atoms with Gasteiger partial charge in [-0.2, -0.15) is 0 Å². The van der Waals surface area contributed by atoms with Crippen LogP contribution in [0.25, 0.3) is 0 Å². The standard InChI is InChI=1S/C18H19FN2O3/c1-12(20-17(22)16-6-3-9-24-16)18(23)21(15-7-8-15)11-13-4-2-5-14(19)10-13/h2-6,9-10,12,15H,7-8,11H2,1H3,(H,20,22). The van der Waals surface area contributed by atoms with Crippen LogP contribution in [-0.4, -0.2) is 28.8 Å². The Bertz CT molecular complexity index is 726. The first-order valence-electron chi connectivity index (χ1n) is 7.94. The van der Waals surface area contributed by atoms with E-state index in [0.717, 1.165) is 18.4 Å². The molecule has 0 saturated heterocycles. The van der Waals surface area contributed by atoms with E-state index in [9.17, 15) is 14.0 Å². The Morgan fingerprint density at radius 3 is 2.75 bits per heavy atom. The maximum absolute atomic E-state index is 13.4. The molecular formula is C18H19FN2O3. The van der Waals surface area contributed by atoms with Crippen molar-refractivity contribution in [3.8, 4) is 0 Å². The summed E-state index contributed by atoms with van der Waals surface area (Å²) in [5, 5.41) is 2.64. The van der Waals surface area contributed by atoms with Gasteiger partial charge in [0.2, 0.25) is 5.91 Å². The largest absolute Gasteiger partial charge is 0.459 e. The second kappa shape index (κ2) is 6.86. The zero-order chi connectivity index (χ0) is 17.1. The molecule has 1 N–H and O–H groups in total. The van der Waals surface area contributed by atoms with E-state index in [2.05, 4.69) is 5.32 Å². The molecular weight excluding hydrogens is 311 g/mol. The second-order valence-corrected chi connectivity index (χ2v) is 6.00. The number of hydrogen-bond donors (Lipinski definition) is 1. The highest BCUT2D eigenvalue weighted by Gasteiger charge is 2.35. The van der Waals surface area contributed by atoms with E-state index in [1.165, 1.54) is 24.5 Å². The van der Waals surface area contributed by atoms with Gasteiger partial charge in [0.25, 0.3) is 5.91 Å². The molecule has 0 radical (unpaired) electrons. The molecule has 0 aliphatic heterocycles. The molecule has 0 spiro atoms. The summed E-state index contributed by atoms with van der Waals surface area (Å²) in [5.74, 6) is -0.767. The van der Waals surface area contributed by atoms with Crippen molar-refractivity contribution in [3.05, 3.63) is 59.8 Å². The maximum atomic E-state index is 13.4. The predicted molar refractivity (Wildman–Crippen MR) is 85.6 cm³/mol. The van der Waals surface area contributed by atoms with Crippen molar-refractivity contribution < 1.29 is 18.4 Å². The van der Waals surface area contributed by atoms with Gasteiger partial charge in [-0.25, -0.2) is 4.39 Å². The Morgan fingerprint density at radius 2 is 2.12 bits per heavy atom. The third kappa shape index (κ3) is 3.82. The van der Waals surface area contributed by atoms with Crippen molar-refractivity contribution in [3.63, 3.8) is 0 Å². The highest BCUT2D eigenvalue weighted by molar-refractivity contribution is 5.95. The first kappa shape index (κ1) is 16.2. The highest BCUT2D eigenvalue weighted by atomic mass is 19.1. The van der Waals surface area contributed by atoms with Gasteiger partial charge in [-0.15, -0.1) is 0 Å². The summed E-state index contributed by atoms with van der Waals surface area (Å²) in [7, 11) is 0. The number of rotatable bonds is 6. The summed E-state index contributed by atoms with van der Waals surface area (Å²) in [5.41, 5.74) is 0.736. The Balaban J connectivity index is 1.66. The van der Waals surface area contributed by atoms with Gasteiger partial charge in [0.05, 0.1) is 6.26 Å². The number of amides is 2. The van der Waals surface area contributed by atoms with Crippen LogP contribution in [0, 0.1) is 5.82 Å². The number of benzene rings is 1. The fraction of sp³-hybridized carbons (Fsp3) is 0.333. The van der Waals surface area contributed by atoms with Crippen LogP contribution in [0.15, 0.2) is 47.1 Å². The molecule has 24 heavy (non-hydrogen) atoms. The zero-order valence-electron chi connectivity index (χ0n) is 13.4. The average Bonchev–Trinajstić information content (AvgIpc) is 3.24. The third-order valence-corrected chi connectivity index (χ3v) is 3.98. The predicted octanol–water partition coefficient (Wildman–Crippen LogP) is 2.73. The van der Waals surface area contributed by atoms with Crippen molar-refractivity contribution in [1.29, 1.82) is 0 Å². The molecule has 1 aliphatic rings. The fourth-order valence-electron chi connectivity index (χ4n) is 2.59. The summed E-state index contributed by atoms with van der Waals surface area (Å²) in [6.07, 6.45) is 3.27. The first-order chi connectivity index (χ1) is 11.5. The third-order valence-electron chi connectivity index (χ3n) is 3.98. The van der Waals surface area contributed by atoms with Crippen LogP contribution in [0.2, 0.25) is 0 Å². The topological polar surface area (TPSA) is 62.6 Å². The van der Waals surface area contributed by atoms with E-state index >= 15 is 0 Å². The average molecular weight is 330 g/mol. The smallest absolute Gasteiger partial charge is 0.287 e. The molecule has 3 rings (SSSR count). The van der Waals surface area contributed by atoms with E-state index in [1.54, 1.807) is 30.0 Å². The Hall–Kier alpha value is -2.63. The maximum Gasteiger partial charge on any atom is 0.287 e. The van der Waals surface area contributed by atoms with Gasteiger partial charge < -0.3 is 14.6 Å². The minimum Gasteiger partial charge on any atom is -0.459 e. The first-order valence-corrected chi connectivity index (χ1v) is 7.94. The minimum atomic E-state index is -0.684. The van der Waals surface area contributed by atoms with Crippen LogP contribution in [0.5, 0.6) is 0 Å². The van der Waals surface area contributed by atoms with Crippen LogP contribution in [0.4, 0.5) is 4.39 Å². The molecule has 1 heterocycles. The molecule has 2 amide bonds. The lowest BCUT2D eigenvalue weighted by Gasteiger charge is -2.26. The number of nitrogens with zero attached hydrogens (tertiary/aromatic N) is 1. The normalized spacial score (nSPS) is 14.9. The van der Waals surface area contributed by atoms with Crippen molar-refractivity contribution in [2.75, 3.05) is 0 Å². The molecule has 5 nitrogen and oxygen atoms in total. The molecule has 2 aromatic rings. The SMILES string of the molecule is CC(NC(=O)c1ccco1)C(=O)N(Cc1cccc(F)c1)C1CC1. The van der Waals surface area contributed by atoms with Crippen LogP contribution >= 0.6 is 0 Å². The van der Waals surface area contributed by atoms with E-state index in [1.807, 2.05) is 0 Å². The fourth-order valence-corrected chi connectivity index (χ4v) is 2.59. The monoisotopic (exact) mass is 330 g/mol. The van der Waals surface area contributed by atoms with Crippen LogP contribution in [-0.2, 0) is 11.3 Å². The zero-order valence-corrected chi connectivity index (χ0v) is 13.4. The van der Waals surface area contributed by atoms with Gasteiger partial charge in [-0.3, -0.25) is 9.59 Å². The van der Waals surface area contributed by atoms with Gasteiger partial charge >= 0.3 is 0 Å². The van der Waals surface area contributed by atoms with Gasteiger partial charge in [0.1, 0.15) is 11.9 Å². The molecule has 1 fully saturated rings. The number of carbonyl (C=O) groups is 2. The molecule has 1 atom stereocenters. The van der Waals surface area contributed by atoms with Gasteiger partial charge in [0.15, 0.2) is 5.76 Å². The van der Waals surface area contributed by atoms with Crippen LogP contribution < -0.4 is 5.32 Å². The lowest BCUT2D eigenvalue weighted by atomic mass is 10.2. The molecule has 1 aliphatic carbocycles. The molecule has 126 valence electrons. The molecule has 0 bridgehead atoms. The van der Waals surface area contributed by atoms with E-state index < -0.39 is 11.9 Å². The van der Waals surface area contributed by atoms with Crippen molar-refractivity contribution in [1.82, 2.24) is 10.2 Å². The van der Waals surface area contributed by atoms with E-state index in [4.69, 9.17) is 4.42 Å². The number of nitrogens with one attached hydrogen (secondary N) is 1. The van der Waals surface area contributed by atoms with Gasteiger partial charge in [-0.1, -0.05) is 12.1 Å². The van der Waals surface area contributed by atoms with Crippen LogP contribution in [0.3, 0.4) is 0 Å². The Labute approximate surface area is 139 Å². The Morgan fingerprint density at radius 1 is 1.33 bits per heavy atom. The number of carbonyl (C=O) groups excluding carboxylic acids is 2. The summed E-state index contributed by atoms with van der Waals surface area (Å²) in [6, 6.07) is 8.84. The van der Waals surface area contributed by atoms with Gasteiger partial charge in [-0.05, 0) is 49.6 Å². The number of halogens is 1. The lowest BCUT2D eigenvalue weighted by Crippen LogP contribution is -2.47. The minimum absolute atomic E-state index is 0.156. The van der Waals surface area contributed by atoms with Crippen molar-refractivity contribution >= 4 is 11.8 Å². The molecule has 1 aromatic carbocycles. The quantitative estimate of drug-likeness (QED) is 0.886. The summed E-state index contributed by atoms with van der Waals surface area (Å²) < 4.78 is 18.4. The van der Waals surface area contributed by atoms with Crippen molar-refractivity contribution in [2.45, 2.75) is 38.4 Å². The van der Waals surface area contributed by atoms with E-state index in [0.29, 0.717) is 6.54 Å². The second-order valence-electron chi connectivity index (χ2n) is 6.00. The highest BCUT2D eigenvalue weighted by Crippen LogP contribution is 2.29.